The Morgan fingerprint density at radius 3 is 3.10 bits per heavy atom. The van der Waals surface area contributed by atoms with Gasteiger partial charge < -0.3 is 14.0 Å². The number of ether oxygens (including phenoxy) is 1. The quantitative estimate of drug-likeness (QED) is 0.680. The molecule has 4 rings (SSSR count). The average molecular weight is 345 g/mol. The van der Waals surface area contributed by atoms with Crippen molar-refractivity contribution in [1.29, 1.82) is 0 Å². The Kier molecular flexibility index (Phi) is 3.03. The van der Waals surface area contributed by atoms with Crippen LogP contribution in [-0.4, -0.2) is 27.5 Å². The van der Waals surface area contributed by atoms with E-state index in [0.717, 1.165) is 34.9 Å². The first kappa shape index (κ1) is 12.6. The van der Waals surface area contributed by atoms with Gasteiger partial charge in [0.2, 0.25) is 0 Å². The highest BCUT2D eigenvalue weighted by Gasteiger charge is 2.19. The van der Waals surface area contributed by atoms with Crippen molar-refractivity contribution >= 4 is 27.4 Å². The summed E-state index contributed by atoms with van der Waals surface area (Å²) in [7, 11) is 0. The van der Waals surface area contributed by atoms with Crippen LogP contribution in [0.3, 0.4) is 0 Å². The van der Waals surface area contributed by atoms with Crippen molar-refractivity contribution in [3.63, 3.8) is 0 Å². The van der Waals surface area contributed by atoms with Crippen LogP contribution in [0.15, 0.2) is 47.5 Å². The van der Waals surface area contributed by atoms with Gasteiger partial charge in [-0.1, -0.05) is 18.2 Å². The first-order valence-electron chi connectivity index (χ1n) is 6.76. The minimum absolute atomic E-state index is 0.637. The molecule has 106 valence electrons. The number of imidazole rings is 1. The molecular weight excluding hydrogens is 332 g/mol. The Labute approximate surface area is 130 Å². The van der Waals surface area contributed by atoms with Crippen LogP contribution in [-0.2, 0) is 6.54 Å². The molecule has 0 amide bonds. The van der Waals surface area contributed by atoms with Crippen molar-refractivity contribution in [1.82, 2.24) is 14.4 Å². The molecule has 0 N–H and O–H groups in total. The molecule has 0 aliphatic carbocycles. The number of para-hydroxylation sites is 1. The molecule has 0 atom stereocenters. The van der Waals surface area contributed by atoms with Crippen molar-refractivity contribution in [3.05, 3.63) is 53.0 Å². The number of hydrogen-bond acceptors (Lipinski definition) is 4. The molecule has 0 unspecified atom stereocenters. The van der Waals surface area contributed by atoms with Gasteiger partial charge in [-0.2, -0.15) is 0 Å². The van der Waals surface area contributed by atoms with Gasteiger partial charge in [-0.05, 0) is 22.0 Å². The largest absolute Gasteiger partial charge is 0.491 e. The second-order valence-electron chi connectivity index (χ2n) is 4.92. The number of aromatic nitrogens is 3. The van der Waals surface area contributed by atoms with Crippen molar-refractivity contribution in [3.8, 4) is 5.75 Å². The SMILES string of the molecule is Brc1cn2ccnc2c(N2CCOc3ccccc3C2)n1. The van der Waals surface area contributed by atoms with E-state index >= 15 is 0 Å². The number of halogens is 1. The van der Waals surface area contributed by atoms with Gasteiger partial charge in [0.15, 0.2) is 11.5 Å². The summed E-state index contributed by atoms with van der Waals surface area (Å²) in [5, 5.41) is 0. The molecular formula is C15H13BrN4O. The third-order valence-electron chi connectivity index (χ3n) is 3.58. The van der Waals surface area contributed by atoms with Crippen LogP contribution in [0.4, 0.5) is 5.82 Å². The van der Waals surface area contributed by atoms with Crippen LogP contribution in [0.1, 0.15) is 5.56 Å². The van der Waals surface area contributed by atoms with E-state index in [9.17, 15) is 0 Å². The smallest absolute Gasteiger partial charge is 0.180 e. The van der Waals surface area contributed by atoms with Gasteiger partial charge in [0, 0.05) is 30.7 Å². The van der Waals surface area contributed by atoms with Crippen LogP contribution in [0.5, 0.6) is 5.75 Å². The van der Waals surface area contributed by atoms with Gasteiger partial charge in [0.1, 0.15) is 17.0 Å². The van der Waals surface area contributed by atoms with E-state index < -0.39 is 0 Å². The van der Waals surface area contributed by atoms with Gasteiger partial charge in [0.25, 0.3) is 0 Å². The molecule has 5 nitrogen and oxygen atoms in total. The zero-order chi connectivity index (χ0) is 14.2. The highest BCUT2D eigenvalue weighted by atomic mass is 79.9. The molecule has 1 aromatic carbocycles. The van der Waals surface area contributed by atoms with E-state index in [4.69, 9.17) is 4.74 Å². The summed E-state index contributed by atoms with van der Waals surface area (Å²) in [5.74, 6) is 1.82. The molecule has 0 fully saturated rings. The van der Waals surface area contributed by atoms with Crippen molar-refractivity contribution in [2.24, 2.45) is 0 Å². The average Bonchev–Trinajstić information content (AvgIpc) is 2.84. The molecule has 0 saturated heterocycles. The fraction of sp³-hybridized carbons (Fsp3) is 0.200. The number of benzene rings is 1. The standard InChI is InChI=1S/C15H13BrN4O/c16-13-10-19-6-5-17-14(19)15(18-13)20-7-8-21-12-4-2-1-3-11(12)9-20/h1-6,10H,7-9H2. The van der Waals surface area contributed by atoms with Crippen LogP contribution in [0.2, 0.25) is 0 Å². The summed E-state index contributed by atoms with van der Waals surface area (Å²) in [6, 6.07) is 8.14. The van der Waals surface area contributed by atoms with E-state index in [0.29, 0.717) is 6.61 Å². The number of hydrogen-bond donors (Lipinski definition) is 0. The highest BCUT2D eigenvalue weighted by molar-refractivity contribution is 9.10. The summed E-state index contributed by atoms with van der Waals surface area (Å²) in [4.78, 5) is 11.2. The predicted molar refractivity (Wildman–Crippen MR) is 83.7 cm³/mol. The van der Waals surface area contributed by atoms with E-state index in [1.165, 1.54) is 5.56 Å². The van der Waals surface area contributed by atoms with Crippen LogP contribution in [0.25, 0.3) is 5.65 Å². The fourth-order valence-electron chi connectivity index (χ4n) is 2.60. The zero-order valence-corrected chi connectivity index (χ0v) is 12.8. The zero-order valence-electron chi connectivity index (χ0n) is 11.2. The Morgan fingerprint density at radius 1 is 1.24 bits per heavy atom. The monoisotopic (exact) mass is 344 g/mol. The van der Waals surface area contributed by atoms with Crippen molar-refractivity contribution in [2.75, 3.05) is 18.1 Å². The van der Waals surface area contributed by atoms with Crippen molar-refractivity contribution < 1.29 is 4.74 Å². The van der Waals surface area contributed by atoms with Crippen LogP contribution >= 0.6 is 15.9 Å². The molecule has 21 heavy (non-hydrogen) atoms. The van der Waals surface area contributed by atoms with Crippen LogP contribution < -0.4 is 9.64 Å². The Bertz CT molecular complexity index is 801. The van der Waals surface area contributed by atoms with Crippen molar-refractivity contribution in [2.45, 2.75) is 6.54 Å². The van der Waals surface area contributed by atoms with E-state index in [-0.39, 0.29) is 0 Å². The fourth-order valence-corrected chi connectivity index (χ4v) is 2.99. The Morgan fingerprint density at radius 2 is 2.14 bits per heavy atom. The lowest BCUT2D eigenvalue weighted by atomic mass is 10.2. The summed E-state index contributed by atoms with van der Waals surface area (Å²) < 4.78 is 8.58. The highest BCUT2D eigenvalue weighted by Crippen LogP contribution is 2.27. The molecule has 3 aromatic rings. The number of anilines is 1. The Balaban J connectivity index is 1.80. The normalized spacial score (nSPS) is 14.6. The lowest BCUT2D eigenvalue weighted by Gasteiger charge is -2.21. The molecule has 1 aliphatic heterocycles. The van der Waals surface area contributed by atoms with Gasteiger partial charge in [-0.25, -0.2) is 9.97 Å². The van der Waals surface area contributed by atoms with Crippen LogP contribution in [0, 0.1) is 0 Å². The van der Waals surface area contributed by atoms with Gasteiger partial charge in [-0.15, -0.1) is 0 Å². The first-order chi connectivity index (χ1) is 10.3. The third-order valence-corrected chi connectivity index (χ3v) is 3.96. The Hall–Kier alpha value is -2.08. The van der Waals surface area contributed by atoms with Gasteiger partial charge in [-0.3, -0.25) is 0 Å². The molecule has 0 bridgehead atoms. The maximum absolute atomic E-state index is 5.82. The predicted octanol–water partition coefficient (Wildman–Crippen LogP) is 2.89. The summed E-state index contributed by atoms with van der Waals surface area (Å²) in [6.45, 7) is 2.18. The molecule has 0 spiro atoms. The minimum atomic E-state index is 0.637. The number of rotatable bonds is 1. The maximum Gasteiger partial charge on any atom is 0.180 e. The molecule has 2 aromatic heterocycles. The second-order valence-corrected chi connectivity index (χ2v) is 5.74. The molecule has 0 saturated carbocycles. The summed E-state index contributed by atoms with van der Waals surface area (Å²) >= 11 is 3.47. The number of fused-ring (bicyclic) bond motifs is 2. The van der Waals surface area contributed by atoms with E-state index in [2.05, 4.69) is 36.9 Å². The lowest BCUT2D eigenvalue weighted by Crippen LogP contribution is -2.27. The third kappa shape index (κ3) is 2.25. The first-order valence-corrected chi connectivity index (χ1v) is 7.55. The molecule has 6 heteroatoms. The maximum atomic E-state index is 5.82. The van der Waals surface area contributed by atoms with E-state index in [1.807, 2.05) is 35.0 Å². The minimum Gasteiger partial charge on any atom is -0.491 e. The topological polar surface area (TPSA) is 42.7 Å². The van der Waals surface area contributed by atoms with Gasteiger partial charge >= 0.3 is 0 Å². The number of nitrogens with zero attached hydrogens (tertiary/aromatic N) is 4. The lowest BCUT2D eigenvalue weighted by molar-refractivity contribution is 0.331. The molecule has 1 aliphatic rings. The van der Waals surface area contributed by atoms with E-state index in [1.54, 1.807) is 6.20 Å². The molecule has 3 heterocycles. The second kappa shape index (κ2) is 5.04. The summed E-state index contributed by atoms with van der Waals surface area (Å²) in [5.41, 5.74) is 2.03. The summed E-state index contributed by atoms with van der Waals surface area (Å²) in [6.07, 6.45) is 5.62. The van der Waals surface area contributed by atoms with Gasteiger partial charge in [0.05, 0.1) is 6.54 Å². The molecule has 0 radical (unpaired) electrons.